The minimum atomic E-state index is -4.49. The average Bonchev–Trinajstić information content (AvgIpc) is 2.88. The second-order valence-electron chi connectivity index (χ2n) is 6.97. The van der Waals surface area contributed by atoms with Crippen LogP contribution in [0.1, 0.15) is 48.4 Å². The summed E-state index contributed by atoms with van der Waals surface area (Å²) >= 11 is 0. The molecule has 27 heavy (non-hydrogen) atoms. The third kappa shape index (κ3) is 5.60. The third-order valence-corrected chi connectivity index (χ3v) is 4.75. The Morgan fingerprint density at radius 1 is 1.41 bits per heavy atom. The number of hydrogen-bond acceptors (Lipinski definition) is 5. The van der Waals surface area contributed by atoms with Gasteiger partial charge in [0, 0.05) is 11.6 Å². The lowest BCUT2D eigenvalue weighted by molar-refractivity contribution is -0.153. The monoisotopic (exact) mass is 389 g/mol. The van der Waals surface area contributed by atoms with Gasteiger partial charge in [0.2, 0.25) is 0 Å². The molecule has 150 valence electrons. The number of aliphatic carboxylic acids is 1. The fraction of sp³-hybridized carbons (Fsp3) is 0.588. The normalized spacial score (nSPS) is 20.3. The Labute approximate surface area is 155 Å². The number of carboxylic acid groups (broad SMARTS) is 1. The first-order chi connectivity index (χ1) is 12.5. The lowest BCUT2D eigenvalue weighted by Gasteiger charge is -2.19. The van der Waals surface area contributed by atoms with Crippen molar-refractivity contribution >= 4 is 13.1 Å². The molecule has 0 bridgehead atoms. The van der Waals surface area contributed by atoms with Crippen LogP contribution in [0.5, 0.6) is 5.75 Å². The van der Waals surface area contributed by atoms with E-state index in [1.54, 1.807) is 6.92 Å². The molecule has 3 atom stereocenters. The highest BCUT2D eigenvalue weighted by atomic mass is 19.4. The topological polar surface area (TPSA) is 113 Å². The van der Waals surface area contributed by atoms with Crippen LogP contribution in [-0.4, -0.2) is 41.0 Å². The first-order valence-corrected chi connectivity index (χ1v) is 8.70. The van der Waals surface area contributed by atoms with Gasteiger partial charge >= 0.3 is 19.3 Å². The fourth-order valence-corrected chi connectivity index (χ4v) is 3.58. The molecule has 1 aliphatic rings. The molecule has 0 saturated heterocycles. The van der Waals surface area contributed by atoms with Crippen molar-refractivity contribution in [2.24, 2.45) is 11.7 Å². The van der Waals surface area contributed by atoms with Gasteiger partial charge in [0.25, 0.3) is 0 Å². The van der Waals surface area contributed by atoms with Crippen LogP contribution in [0.3, 0.4) is 0 Å². The standard InChI is InChI=1S/C17H23BF3NO5/c1-9(22)12-7-13-11(6-14(12)27-8-17(19,20)21)5-10(15(13)16(23)24)3-2-4-18(25)26/h6-7,9-10,15,25-26H,2-5,8,22H2,1H3,(H,23,24)/t9-,10-,15-/m0/s1. The summed E-state index contributed by atoms with van der Waals surface area (Å²) in [6.45, 7) is 0.138. The summed E-state index contributed by atoms with van der Waals surface area (Å²) in [7, 11) is -1.45. The number of fused-ring (bicyclic) bond motifs is 1. The molecule has 0 heterocycles. The van der Waals surface area contributed by atoms with Gasteiger partial charge in [-0.15, -0.1) is 0 Å². The second kappa shape index (κ2) is 8.49. The van der Waals surface area contributed by atoms with Crippen molar-refractivity contribution in [2.45, 2.75) is 50.6 Å². The first-order valence-electron chi connectivity index (χ1n) is 8.70. The van der Waals surface area contributed by atoms with E-state index in [0.717, 1.165) is 0 Å². The van der Waals surface area contributed by atoms with E-state index in [2.05, 4.69) is 0 Å². The molecule has 1 aromatic rings. The number of carboxylic acids is 1. The summed E-state index contributed by atoms with van der Waals surface area (Å²) in [6.07, 6.45) is -3.11. The van der Waals surface area contributed by atoms with Gasteiger partial charge in [-0.2, -0.15) is 13.2 Å². The first kappa shape index (κ1) is 21.5. The lowest BCUT2D eigenvalue weighted by Crippen LogP contribution is -2.21. The predicted molar refractivity (Wildman–Crippen MR) is 92.4 cm³/mol. The molecule has 0 amide bonds. The van der Waals surface area contributed by atoms with Gasteiger partial charge in [0.15, 0.2) is 6.61 Å². The van der Waals surface area contributed by atoms with Crippen LogP contribution in [-0.2, 0) is 11.2 Å². The van der Waals surface area contributed by atoms with E-state index in [1.165, 1.54) is 12.1 Å². The summed E-state index contributed by atoms with van der Waals surface area (Å²) in [4.78, 5) is 11.8. The van der Waals surface area contributed by atoms with E-state index in [9.17, 15) is 23.1 Å². The Balaban J connectivity index is 2.30. The van der Waals surface area contributed by atoms with Crippen LogP contribution in [0, 0.1) is 5.92 Å². The van der Waals surface area contributed by atoms with E-state index < -0.39 is 37.8 Å². The second-order valence-corrected chi connectivity index (χ2v) is 6.97. The minimum absolute atomic E-state index is 0.0108. The highest BCUT2D eigenvalue weighted by Crippen LogP contribution is 2.44. The van der Waals surface area contributed by atoms with Crippen molar-refractivity contribution in [1.29, 1.82) is 0 Å². The zero-order chi connectivity index (χ0) is 20.4. The third-order valence-electron chi connectivity index (χ3n) is 4.75. The fourth-order valence-electron chi connectivity index (χ4n) is 3.58. The number of hydrogen-bond donors (Lipinski definition) is 4. The molecule has 0 saturated carbocycles. The molecular weight excluding hydrogens is 366 g/mol. The maximum absolute atomic E-state index is 12.5. The van der Waals surface area contributed by atoms with E-state index in [-0.39, 0.29) is 18.0 Å². The molecule has 0 fully saturated rings. The van der Waals surface area contributed by atoms with Crippen molar-refractivity contribution < 1.29 is 37.9 Å². The van der Waals surface area contributed by atoms with Crippen LogP contribution < -0.4 is 10.5 Å². The predicted octanol–water partition coefficient (Wildman–Crippen LogP) is 2.24. The molecule has 10 heteroatoms. The van der Waals surface area contributed by atoms with Crippen LogP contribution in [0.4, 0.5) is 13.2 Å². The van der Waals surface area contributed by atoms with Crippen molar-refractivity contribution in [1.82, 2.24) is 0 Å². The van der Waals surface area contributed by atoms with Gasteiger partial charge in [0.1, 0.15) is 5.75 Å². The molecule has 0 unspecified atom stereocenters. The Bertz CT molecular complexity index is 681. The summed E-state index contributed by atoms with van der Waals surface area (Å²) in [5, 5.41) is 27.5. The molecule has 0 radical (unpaired) electrons. The zero-order valence-corrected chi connectivity index (χ0v) is 14.9. The van der Waals surface area contributed by atoms with Crippen LogP contribution in [0.2, 0.25) is 6.32 Å². The van der Waals surface area contributed by atoms with E-state index in [0.29, 0.717) is 36.0 Å². The molecule has 1 aromatic carbocycles. The SMILES string of the molecule is C[C@H](N)c1cc2c(cc1OCC(F)(F)F)C[C@H](CCCB(O)O)[C@@H]2C(=O)O. The van der Waals surface area contributed by atoms with Crippen LogP contribution >= 0.6 is 0 Å². The molecular formula is C17H23BF3NO5. The summed E-state index contributed by atoms with van der Waals surface area (Å²) < 4.78 is 42.4. The van der Waals surface area contributed by atoms with Crippen molar-refractivity contribution in [3.8, 4) is 5.75 Å². The van der Waals surface area contributed by atoms with Crippen molar-refractivity contribution in [3.05, 3.63) is 28.8 Å². The van der Waals surface area contributed by atoms with E-state index in [1.807, 2.05) is 0 Å². The number of ether oxygens (including phenoxy) is 1. The van der Waals surface area contributed by atoms with Gasteiger partial charge in [-0.3, -0.25) is 4.79 Å². The Kier molecular flexibility index (Phi) is 6.77. The number of rotatable bonds is 8. The number of nitrogens with two attached hydrogens (primary N) is 1. The molecule has 0 spiro atoms. The molecule has 0 aliphatic heterocycles. The van der Waals surface area contributed by atoms with Gasteiger partial charge in [-0.25, -0.2) is 0 Å². The summed E-state index contributed by atoms with van der Waals surface area (Å²) in [6, 6.07) is 2.36. The number of carbonyl (C=O) groups is 1. The van der Waals surface area contributed by atoms with Gasteiger partial charge in [-0.05, 0) is 55.3 Å². The average molecular weight is 389 g/mol. The van der Waals surface area contributed by atoms with E-state index in [4.69, 9.17) is 20.5 Å². The Morgan fingerprint density at radius 2 is 2.07 bits per heavy atom. The maximum Gasteiger partial charge on any atom is 0.451 e. The smallest absolute Gasteiger partial charge is 0.451 e. The van der Waals surface area contributed by atoms with Crippen LogP contribution in [0.25, 0.3) is 0 Å². The Hall–Kier alpha value is -1.78. The van der Waals surface area contributed by atoms with Crippen molar-refractivity contribution in [2.75, 3.05) is 6.61 Å². The molecule has 6 nitrogen and oxygen atoms in total. The minimum Gasteiger partial charge on any atom is -0.484 e. The van der Waals surface area contributed by atoms with E-state index >= 15 is 0 Å². The van der Waals surface area contributed by atoms with Gasteiger partial charge in [-0.1, -0.05) is 6.42 Å². The molecule has 1 aliphatic carbocycles. The zero-order valence-electron chi connectivity index (χ0n) is 14.9. The number of benzene rings is 1. The molecule has 0 aromatic heterocycles. The highest BCUT2D eigenvalue weighted by Gasteiger charge is 2.39. The lowest BCUT2D eigenvalue weighted by atomic mass is 9.80. The highest BCUT2D eigenvalue weighted by molar-refractivity contribution is 6.40. The Morgan fingerprint density at radius 3 is 2.59 bits per heavy atom. The number of halogens is 3. The molecule has 2 rings (SSSR count). The maximum atomic E-state index is 12.5. The van der Waals surface area contributed by atoms with Crippen molar-refractivity contribution in [3.63, 3.8) is 0 Å². The largest absolute Gasteiger partial charge is 0.484 e. The van der Waals surface area contributed by atoms with Crippen LogP contribution in [0.15, 0.2) is 12.1 Å². The summed E-state index contributed by atoms with van der Waals surface area (Å²) in [5.74, 6) is -2.11. The van der Waals surface area contributed by atoms with Gasteiger partial charge < -0.3 is 25.6 Å². The quantitative estimate of drug-likeness (QED) is 0.508. The molecule has 5 N–H and O–H groups in total. The summed E-state index contributed by atoms with van der Waals surface area (Å²) in [5.41, 5.74) is 7.34. The number of alkyl halides is 3. The van der Waals surface area contributed by atoms with Gasteiger partial charge in [0.05, 0.1) is 5.92 Å².